The minimum Gasteiger partial charge on any atom is -0.462 e. The predicted molar refractivity (Wildman–Crippen MR) is 187 cm³/mol. The normalized spacial score (nSPS) is 42.6. The Labute approximate surface area is 291 Å². The zero-order valence-electron chi connectivity index (χ0n) is 29.7. The number of esters is 1. The topological polar surface area (TPSA) is 130 Å². The Kier molecular flexibility index (Phi) is 10.9. The van der Waals surface area contributed by atoms with Gasteiger partial charge in [0.15, 0.2) is 5.79 Å². The van der Waals surface area contributed by atoms with Gasteiger partial charge >= 0.3 is 5.97 Å². The van der Waals surface area contributed by atoms with E-state index in [0.717, 1.165) is 42.5 Å². The maximum Gasteiger partial charge on any atom is 0.316 e. The van der Waals surface area contributed by atoms with Gasteiger partial charge in [-0.2, -0.15) is 0 Å². The number of carbonyl (C=O) groups is 1. The molecule has 1 aromatic rings. The molecule has 0 unspecified atom stereocenters. The van der Waals surface area contributed by atoms with E-state index < -0.39 is 41.6 Å². The van der Waals surface area contributed by atoms with Crippen molar-refractivity contribution in [1.29, 1.82) is 0 Å². The molecule has 9 heteroatoms. The fourth-order valence-corrected chi connectivity index (χ4v) is 8.44. The summed E-state index contributed by atoms with van der Waals surface area (Å²) in [6.07, 6.45) is 11.6. The largest absolute Gasteiger partial charge is 0.462 e. The van der Waals surface area contributed by atoms with Gasteiger partial charge in [-0.25, -0.2) is 0 Å². The zero-order valence-corrected chi connectivity index (χ0v) is 29.7. The number of aliphatic hydroxyl groups is 2. The number of nitrogens with two attached hydrogens (primary N) is 1. The number of allylic oxidation sites excluding steroid dienone is 2. The van der Waals surface area contributed by atoms with Crippen molar-refractivity contribution in [1.82, 2.24) is 0 Å². The molecule has 4 aliphatic heterocycles. The highest BCUT2D eigenvalue weighted by Crippen LogP contribution is 2.47. The van der Waals surface area contributed by atoms with Crippen LogP contribution in [0.3, 0.4) is 0 Å². The molecule has 5 aliphatic rings. The summed E-state index contributed by atoms with van der Waals surface area (Å²) in [5, 5.41) is 23.3. The second-order valence-electron chi connectivity index (χ2n) is 15.0. The number of ether oxygens (including phenoxy) is 5. The van der Waals surface area contributed by atoms with E-state index in [9.17, 15) is 15.0 Å². The van der Waals surface area contributed by atoms with Crippen LogP contribution in [-0.4, -0.2) is 77.4 Å². The number of nitrogen functional groups attached to an aromatic ring is 1. The number of benzene rings is 1. The maximum atomic E-state index is 14.1. The molecule has 2 bridgehead atoms. The molecule has 0 aromatic heterocycles. The van der Waals surface area contributed by atoms with Crippen LogP contribution in [0.4, 0.5) is 5.69 Å². The van der Waals surface area contributed by atoms with Crippen LogP contribution < -0.4 is 5.73 Å². The molecular weight excluding hydrogens is 622 g/mol. The van der Waals surface area contributed by atoms with Crippen molar-refractivity contribution in [3.63, 3.8) is 0 Å². The summed E-state index contributed by atoms with van der Waals surface area (Å²) in [4.78, 5) is 14.1. The van der Waals surface area contributed by atoms with Gasteiger partial charge in [0.1, 0.15) is 29.8 Å². The van der Waals surface area contributed by atoms with Crippen molar-refractivity contribution < 1.29 is 38.7 Å². The first-order chi connectivity index (χ1) is 23.4. The molecule has 9 nitrogen and oxygen atoms in total. The molecule has 1 aliphatic carbocycles. The summed E-state index contributed by atoms with van der Waals surface area (Å²) in [5.41, 5.74) is 8.23. The van der Waals surface area contributed by atoms with E-state index >= 15 is 0 Å². The Morgan fingerprint density at radius 1 is 1.08 bits per heavy atom. The number of fused-ring (bicyclic) bond motifs is 2. The molecule has 11 atom stereocenters. The molecule has 1 aromatic carbocycles. The highest BCUT2D eigenvalue weighted by molar-refractivity contribution is 5.78. The molecule has 1 spiro atoms. The summed E-state index contributed by atoms with van der Waals surface area (Å²) < 4.78 is 32.4. The summed E-state index contributed by atoms with van der Waals surface area (Å²) >= 11 is 0. The lowest BCUT2D eigenvalue weighted by Crippen LogP contribution is -2.58. The van der Waals surface area contributed by atoms with Gasteiger partial charge in [-0.05, 0) is 79.9 Å². The lowest BCUT2D eigenvalue weighted by molar-refractivity contribution is -0.335. The molecule has 0 radical (unpaired) electrons. The fraction of sp³-hybridized carbons (Fsp3) is 0.625. The summed E-state index contributed by atoms with van der Waals surface area (Å²) in [5.74, 6) is -2.02. The molecule has 268 valence electrons. The first-order valence-corrected chi connectivity index (χ1v) is 18.2. The molecule has 6 rings (SSSR count). The molecule has 0 amide bonds. The van der Waals surface area contributed by atoms with Gasteiger partial charge in [0.25, 0.3) is 0 Å². The van der Waals surface area contributed by atoms with Crippen LogP contribution in [0.15, 0.2) is 71.4 Å². The molecule has 3 saturated heterocycles. The van der Waals surface area contributed by atoms with Gasteiger partial charge in [0.05, 0.1) is 31.5 Å². The second kappa shape index (κ2) is 14.8. The van der Waals surface area contributed by atoms with Crippen LogP contribution in [0.1, 0.15) is 78.7 Å². The van der Waals surface area contributed by atoms with Crippen LogP contribution in [0.25, 0.3) is 0 Å². The van der Waals surface area contributed by atoms with E-state index in [4.69, 9.17) is 29.4 Å². The predicted octanol–water partition coefficient (Wildman–Crippen LogP) is 5.74. The van der Waals surface area contributed by atoms with Crippen LogP contribution in [0.5, 0.6) is 0 Å². The number of hydrogen-bond donors (Lipinski definition) is 3. The average molecular weight is 678 g/mol. The van der Waals surface area contributed by atoms with E-state index in [-0.39, 0.29) is 30.8 Å². The van der Waals surface area contributed by atoms with E-state index in [1.54, 1.807) is 13.0 Å². The van der Waals surface area contributed by atoms with Gasteiger partial charge in [-0.3, -0.25) is 4.79 Å². The van der Waals surface area contributed by atoms with Crippen molar-refractivity contribution in [2.75, 3.05) is 18.9 Å². The molecule has 4 N–H and O–H groups in total. The Morgan fingerprint density at radius 3 is 2.61 bits per heavy atom. The van der Waals surface area contributed by atoms with Crippen molar-refractivity contribution in [2.45, 2.75) is 128 Å². The first kappa shape index (κ1) is 36.0. The smallest absolute Gasteiger partial charge is 0.316 e. The molecule has 3 fully saturated rings. The Hall–Kier alpha value is -2.79. The number of anilines is 1. The minimum atomic E-state index is -1.75. The number of aliphatic hydroxyl groups excluding tert-OH is 1. The van der Waals surface area contributed by atoms with Crippen LogP contribution >= 0.6 is 0 Å². The Morgan fingerprint density at radius 2 is 1.86 bits per heavy atom. The summed E-state index contributed by atoms with van der Waals surface area (Å²) in [7, 11) is 0. The van der Waals surface area contributed by atoms with Gasteiger partial charge < -0.3 is 39.6 Å². The van der Waals surface area contributed by atoms with E-state index in [1.807, 2.05) is 36.4 Å². The zero-order chi connectivity index (χ0) is 34.9. The third kappa shape index (κ3) is 7.48. The third-order valence-electron chi connectivity index (χ3n) is 11.4. The summed E-state index contributed by atoms with van der Waals surface area (Å²) in [6, 6.07) is 7.87. The highest BCUT2D eigenvalue weighted by atomic mass is 16.7. The number of rotatable bonds is 5. The van der Waals surface area contributed by atoms with Crippen molar-refractivity contribution in [3.05, 3.63) is 76.9 Å². The number of carbonyl (C=O) groups excluding carboxylic acids is 1. The molecule has 0 saturated carbocycles. The van der Waals surface area contributed by atoms with E-state index in [2.05, 4.69) is 39.8 Å². The minimum absolute atomic E-state index is 0.0140. The van der Waals surface area contributed by atoms with Crippen LogP contribution in [0.2, 0.25) is 0 Å². The SMILES string of the molecule is CC[C@H]1O[C@]2(CC[C@@H]1C)C[C@@H]1C[C@@H](C/C=C(\C)[C@H](OCCc3ccc(N)cc3)[C@@H](C)/C=C/C=C3\CO[C@@H]4[C@H](O)C(C)=C[C@@H](C(=O)O1)[C@]34O)O2. The molecule has 49 heavy (non-hydrogen) atoms. The quantitative estimate of drug-likeness (QED) is 0.203. The standard InChI is InChI=1S/C40H55NO8/c1-6-34-24(2)16-18-39(49-34)22-32-21-31(48-39)15-10-26(4)36(45-19-17-28-11-13-30(41)14-12-28)25(3)8-7-9-29-23-46-37-35(42)27(5)20-33(38(43)47-32)40(29,37)44/h7-14,20,24-25,31-37,42,44H,6,15-19,21-23,41H2,1-5H3/b8-7+,26-10+,29-9+/t24-,25-,31+,32-,33-,34+,35+,36+,37+,39+,40+/m0/s1. The second-order valence-corrected chi connectivity index (χ2v) is 15.0. The highest BCUT2D eigenvalue weighted by Gasteiger charge is 2.60. The van der Waals surface area contributed by atoms with Crippen LogP contribution in [-0.2, 0) is 34.9 Å². The lowest BCUT2D eigenvalue weighted by Gasteiger charge is -2.50. The Bertz CT molecular complexity index is 1470. The van der Waals surface area contributed by atoms with Gasteiger partial charge in [-0.1, -0.05) is 63.3 Å². The summed E-state index contributed by atoms with van der Waals surface area (Å²) in [6.45, 7) is 11.0. The maximum absolute atomic E-state index is 14.1. The molecule has 4 heterocycles. The van der Waals surface area contributed by atoms with Crippen molar-refractivity contribution in [3.8, 4) is 0 Å². The first-order valence-electron chi connectivity index (χ1n) is 18.2. The third-order valence-corrected chi connectivity index (χ3v) is 11.4. The lowest BCUT2D eigenvalue weighted by atomic mass is 9.71. The van der Waals surface area contributed by atoms with Crippen LogP contribution in [0, 0.1) is 17.8 Å². The fourth-order valence-electron chi connectivity index (χ4n) is 8.44. The average Bonchev–Trinajstić information content (AvgIpc) is 3.41. The number of hydrogen-bond acceptors (Lipinski definition) is 9. The van der Waals surface area contributed by atoms with Gasteiger partial charge in [-0.15, -0.1) is 0 Å². The molecular formula is C40H55NO8. The monoisotopic (exact) mass is 677 g/mol. The Balaban J connectivity index is 1.34. The van der Waals surface area contributed by atoms with Gasteiger partial charge in [0.2, 0.25) is 0 Å². The van der Waals surface area contributed by atoms with Gasteiger partial charge in [0, 0.05) is 30.9 Å². The van der Waals surface area contributed by atoms with E-state index in [0.29, 0.717) is 42.9 Å². The van der Waals surface area contributed by atoms with Crippen molar-refractivity contribution >= 4 is 11.7 Å². The van der Waals surface area contributed by atoms with E-state index in [1.165, 1.54) is 0 Å². The van der Waals surface area contributed by atoms with Crippen molar-refractivity contribution in [2.24, 2.45) is 17.8 Å².